The summed E-state index contributed by atoms with van der Waals surface area (Å²) in [6.45, 7) is 6.81. The Balaban J connectivity index is 1.70. The van der Waals surface area contributed by atoms with E-state index in [-0.39, 0.29) is 41.9 Å². The van der Waals surface area contributed by atoms with Crippen LogP contribution in [0.4, 0.5) is 0 Å². The van der Waals surface area contributed by atoms with Gasteiger partial charge in [0.25, 0.3) is 10.1 Å². The van der Waals surface area contributed by atoms with E-state index in [2.05, 4.69) is 11.9 Å². The number of ether oxygens (including phenoxy) is 1. The molecular formula is C20H27NO6S. The zero-order chi connectivity index (χ0) is 20.7. The lowest BCUT2D eigenvalue weighted by Crippen LogP contribution is -2.39. The average Bonchev–Trinajstić information content (AvgIpc) is 2.63. The Morgan fingerprint density at radius 2 is 1.75 bits per heavy atom. The van der Waals surface area contributed by atoms with Gasteiger partial charge in [-0.3, -0.25) is 8.98 Å². The summed E-state index contributed by atoms with van der Waals surface area (Å²) in [4.78, 5) is 23.6. The number of rotatable bonds is 8. The Hall–Kier alpha value is -2.19. The summed E-state index contributed by atoms with van der Waals surface area (Å²) < 4.78 is 34.4. The average molecular weight is 410 g/mol. The van der Waals surface area contributed by atoms with Gasteiger partial charge in [-0.1, -0.05) is 24.3 Å². The Bertz CT molecular complexity index is 808. The first-order valence-corrected chi connectivity index (χ1v) is 10.7. The number of carbonyl (C=O) groups excluding carboxylic acids is 2. The van der Waals surface area contributed by atoms with Crippen LogP contribution in [0, 0.1) is 6.92 Å². The van der Waals surface area contributed by atoms with Crippen molar-refractivity contribution in [2.24, 2.45) is 0 Å². The molecule has 0 spiro atoms. The van der Waals surface area contributed by atoms with Crippen LogP contribution in [0.1, 0.15) is 44.6 Å². The molecule has 0 heterocycles. The van der Waals surface area contributed by atoms with Crippen LogP contribution in [0.25, 0.3) is 0 Å². The van der Waals surface area contributed by atoms with Gasteiger partial charge in [0.15, 0.2) is 0 Å². The molecule has 1 aliphatic rings. The molecule has 2 rings (SSSR count). The van der Waals surface area contributed by atoms with Crippen LogP contribution in [-0.2, 0) is 28.6 Å². The van der Waals surface area contributed by atoms with Crippen LogP contribution in [0.2, 0.25) is 0 Å². The molecule has 1 fully saturated rings. The normalized spacial score (nSPS) is 19.6. The Labute approximate surface area is 166 Å². The molecule has 0 aromatic heterocycles. The van der Waals surface area contributed by atoms with Crippen molar-refractivity contribution in [1.29, 1.82) is 0 Å². The first kappa shape index (κ1) is 22.1. The molecule has 0 saturated heterocycles. The highest BCUT2D eigenvalue weighted by Crippen LogP contribution is 2.22. The molecule has 0 bridgehead atoms. The molecule has 154 valence electrons. The highest BCUT2D eigenvalue weighted by Gasteiger charge is 2.25. The molecule has 1 aromatic carbocycles. The van der Waals surface area contributed by atoms with E-state index in [4.69, 9.17) is 8.92 Å². The highest BCUT2D eigenvalue weighted by molar-refractivity contribution is 7.86. The van der Waals surface area contributed by atoms with Crippen molar-refractivity contribution in [2.75, 3.05) is 6.61 Å². The lowest BCUT2D eigenvalue weighted by atomic mass is 9.93. The van der Waals surface area contributed by atoms with E-state index < -0.39 is 10.1 Å². The lowest BCUT2D eigenvalue weighted by molar-refractivity contribution is -0.146. The van der Waals surface area contributed by atoms with Crippen molar-refractivity contribution < 1.29 is 26.9 Å². The van der Waals surface area contributed by atoms with Gasteiger partial charge in [0, 0.05) is 11.6 Å². The number of hydrogen-bond acceptors (Lipinski definition) is 6. The minimum Gasteiger partial charge on any atom is -0.459 e. The van der Waals surface area contributed by atoms with E-state index in [1.807, 2.05) is 6.92 Å². The second-order valence-electron chi connectivity index (χ2n) is 7.07. The summed E-state index contributed by atoms with van der Waals surface area (Å²) in [6.07, 6.45) is 2.53. The number of esters is 1. The van der Waals surface area contributed by atoms with Crippen LogP contribution in [0.3, 0.4) is 0 Å². The monoisotopic (exact) mass is 409 g/mol. The van der Waals surface area contributed by atoms with Gasteiger partial charge < -0.3 is 10.1 Å². The van der Waals surface area contributed by atoms with Gasteiger partial charge >= 0.3 is 5.97 Å². The second-order valence-corrected chi connectivity index (χ2v) is 8.68. The number of aryl methyl sites for hydroxylation is 1. The highest BCUT2D eigenvalue weighted by atomic mass is 32.2. The van der Waals surface area contributed by atoms with Gasteiger partial charge in [-0.25, -0.2) is 4.79 Å². The molecule has 0 aliphatic heterocycles. The predicted octanol–water partition coefficient (Wildman–Crippen LogP) is 2.64. The minimum absolute atomic E-state index is 0.0130. The third-order valence-electron chi connectivity index (χ3n) is 4.54. The summed E-state index contributed by atoms with van der Waals surface area (Å²) in [5.74, 6) is -0.652. The van der Waals surface area contributed by atoms with Gasteiger partial charge in [0.05, 0.1) is 17.9 Å². The van der Waals surface area contributed by atoms with Crippen molar-refractivity contribution in [2.45, 2.75) is 63.0 Å². The van der Waals surface area contributed by atoms with E-state index in [0.29, 0.717) is 31.3 Å². The van der Waals surface area contributed by atoms with Gasteiger partial charge in [-0.15, -0.1) is 0 Å². The number of nitrogens with one attached hydrogen (secondary N) is 1. The number of hydrogen-bond donors (Lipinski definition) is 1. The maximum Gasteiger partial charge on any atom is 0.333 e. The fraction of sp³-hybridized carbons (Fsp3) is 0.500. The lowest BCUT2D eigenvalue weighted by Gasteiger charge is -2.29. The Morgan fingerprint density at radius 1 is 1.14 bits per heavy atom. The van der Waals surface area contributed by atoms with Crippen LogP contribution >= 0.6 is 0 Å². The topological polar surface area (TPSA) is 98.8 Å². The smallest absolute Gasteiger partial charge is 0.333 e. The van der Waals surface area contributed by atoms with Crippen LogP contribution in [0.5, 0.6) is 0 Å². The fourth-order valence-electron chi connectivity index (χ4n) is 2.89. The van der Waals surface area contributed by atoms with Gasteiger partial charge in [-0.05, 0) is 51.7 Å². The Kier molecular flexibility index (Phi) is 7.77. The summed E-state index contributed by atoms with van der Waals surface area (Å²) >= 11 is 0. The zero-order valence-electron chi connectivity index (χ0n) is 16.3. The van der Waals surface area contributed by atoms with E-state index in [1.54, 1.807) is 19.1 Å². The SMILES string of the molecule is C=C(C)C(=O)OC1CCC(NC(=O)CCOS(=O)(=O)c2ccc(C)cc2)CC1. The minimum atomic E-state index is -3.87. The largest absolute Gasteiger partial charge is 0.459 e. The predicted molar refractivity (Wildman–Crippen MR) is 104 cm³/mol. The molecule has 1 saturated carbocycles. The summed E-state index contributed by atoms with van der Waals surface area (Å²) in [7, 11) is -3.87. The third-order valence-corrected chi connectivity index (χ3v) is 5.87. The molecule has 8 heteroatoms. The summed E-state index contributed by atoms with van der Waals surface area (Å²) in [5.41, 5.74) is 1.32. The van der Waals surface area contributed by atoms with Crippen molar-refractivity contribution in [1.82, 2.24) is 5.32 Å². The third kappa shape index (κ3) is 6.76. The van der Waals surface area contributed by atoms with E-state index >= 15 is 0 Å². The van der Waals surface area contributed by atoms with Crippen LogP contribution in [0.15, 0.2) is 41.3 Å². The van der Waals surface area contributed by atoms with E-state index in [9.17, 15) is 18.0 Å². The van der Waals surface area contributed by atoms with Gasteiger partial charge in [-0.2, -0.15) is 8.42 Å². The molecule has 1 aromatic rings. The van der Waals surface area contributed by atoms with E-state index in [1.165, 1.54) is 12.1 Å². The van der Waals surface area contributed by atoms with Crippen molar-refractivity contribution >= 4 is 22.0 Å². The molecular weight excluding hydrogens is 382 g/mol. The van der Waals surface area contributed by atoms with Crippen molar-refractivity contribution in [3.63, 3.8) is 0 Å². The van der Waals surface area contributed by atoms with Crippen LogP contribution in [-0.4, -0.2) is 39.0 Å². The molecule has 1 N–H and O–H groups in total. The maximum atomic E-state index is 12.1. The van der Waals surface area contributed by atoms with E-state index in [0.717, 1.165) is 5.56 Å². The quantitative estimate of drug-likeness (QED) is 0.403. The van der Waals surface area contributed by atoms with Crippen molar-refractivity contribution in [3.8, 4) is 0 Å². The zero-order valence-corrected chi connectivity index (χ0v) is 17.1. The molecule has 0 radical (unpaired) electrons. The number of carbonyl (C=O) groups is 2. The van der Waals surface area contributed by atoms with Crippen molar-refractivity contribution in [3.05, 3.63) is 42.0 Å². The molecule has 7 nitrogen and oxygen atoms in total. The fourth-order valence-corrected chi connectivity index (χ4v) is 3.80. The van der Waals surface area contributed by atoms with Gasteiger partial charge in [0.1, 0.15) is 6.10 Å². The Morgan fingerprint density at radius 3 is 2.32 bits per heavy atom. The standard InChI is InChI=1S/C20H27NO6S/c1-14(2)20(23)27-17-8-6-16(7-9-17)21-19(22)12-13-26-28(24,25)18-10-4-15(3)5-11-18/h4-5,10-11,16-17H,1,6-9,12-13H2,2-3H3,(H,21,22). The number of amides is 1. The summed E-state index contributed by atoms with van der Waals surface area (Å²) in [5, 5.41) is 2.88. The van der Waals surface area contributed by atoms with Crippen LogP contribution < -0.4 is 5.32 Å². The van der Waals surface area contributed by atoms with Gasteiger partial charge in [0.2, 0.25) is 5.91 Å². The second kappa shape index (κ2) is 9.84. The molecule has 0 unspecified atom stereocenters. The molecule has 1 aliphatic carbocycles. The molecule has 28 heavy (non-hydrogen) atoms. The molecule has 0 atom stereocenters. The first-order chi connectivity index (χ1) is 13.2. The summed E-state index contributed by atoms with van der Waals surface area (Å²) in [6, 6.07) is 6.31. The number of benzene rings is 1. The molecule has 1 amide bonds. The first-order valence-electron chi connectivity index (χ1n) is 9.29. The maximum absolute atomic E-state index is 12.1.